The number of nitrogens with zero attached hydrogens (tertiary/aromatic N) is 1. The fourth-order valence-electron chi connectivity index (χ4n) is 3.96. The number of fused-ring (bicyclic) bond motifs is 1. The van der Waals surface area contributed by atoms with Gasteiger partial charge in [0.15, 0.2) is 5.11 Å². The molecular weight excluding hydrogens is 498 g/mol. The first-order chi connectivity index (χ1) is 17.6. The Balaban J connectivity index is 1.27. The third-order valence-electron chi connectivity index (χ3n) is 6.32. The highest BCUT2D eigenvalue weighted by molar-refractivity contribution is 7.80. The van der Waals surface area contributed by atoms with Gasteiger partial charge in [0, 0.05) is 16.7 Å². The third kappa shape index (κ3) is 6.93. The molecule has 37 heavy (non-hydrogen) atoms. The van der Waals surface area contributed by atoms with Gasteiger partial charge in [0.05, 0.1) is 16.8 Å². The minimum atomic E-state index is -0.578. The average Bonchev–Trinajstić information content (AvgIpc) is 3.27. The van der Waals surface area contributed by atoms with Gasteiger partial charge in [-0.1, -0.05) is 32.0 Å². The number of anilines is 1. The van der Waals surface area contributed by atoms with Gasteiger partial charge >= 0.3 is 0 Å². The summed E-state index contributed by atoms with van der Waals surface area (Å²) in [5.74, 6) is 0.787. The molecule has 1 amide bonds. The molecule has 3 aromatic carbocycles. The van der Waals surface area contributed by atoms with E-state index in [-0.39, 0.29) is 11.0 Å². The largest absolute Gasteiger partial charge is 0.493 e. The van der Waals surface area contributed by atoms with Gasteiger partial charge < -0.3 is 15.4 Å². The second kappa shape index (κ2) is 11.4. The minimum Gasteiger partial charge on any atom is -0.493 e. The first kappa shape index (κ1) is 26.8. The Morgan fingerprint density at radius 1 is 1.00 bits per heavy atom. The molecule has 192 valence electrons. The van der Waals surface area contributed by atoms with E-state index in [2.05, 4.69) is 47.9 Å². The Kier molecular flexibility index (Phi) is 8.25. The van der Waals surface area contributed by atoms with Gasteiger partial charge in [-0.05, 0) is 105 Å². The lowest BCUT2D eigenvalue weighted by Gasteiger charge is -2.24. The van der Waals surface area contributed by atoms with E-state index in [0.29, 0.717) is 13.0 Å². The van der Waals surface area contributed by atoms with E-state index in [0.717, 1.165) is 39.5 Å². The topological polar surface area (TPSA) is 63.2 Å². The quantitative estimate of drug-likeness (QED) is 0.181. The van der Waals surface area contributed by atoms with Crippen LogP contribution in [0.15, 0.2) is 60.7 Å². The molecule has 0 aliphatic heterocycles. The molecule has 0 spiro atoms. The van der Waals surface area contributed by atoms with Crippen LogP contribution in [0.1, 0.15) is 43.4 Å². The Labute approximate surface area is 228 Å². The number of ether oxygens (including phenoxy) is 1. The number of aryl methyl sites for hydroxylation is 3. The molecule has 5 nitrogen and oxygen atoms in total. The third-order valence-corrected chi connectivity index (χ3v) is 7.59. The molecule has 1 heterocycles. The van der Waals surface area contributed by atoms with Crippen LogP contribution in [0.4, 0.5) is 5.69 Å². The number of benzene rings is 3. The molecule has 0 radical (unpaired) electrons. The van der Waals surface area contributed by atoms with Gasteiger partial charge in [-0.15, -0.1) is 11.3 Å². The number of hydrogen-bond acceptors (Lipinski definition) is 5. The van der Waals surface area contributed by atoms with Gasteiger partial charge in [0.2, 0.25) is 5.91 Å². The molecule has 0 bridgehead atoms. The molecule has 2 N–H and O–H groups in total. The lowest BCUT2D eigenvalue weighted by Crippen LogP contribution is -2.42. The van der Waals surface area contributed by atoms with Crippen molar-refractivity contribution in [1.29, 1.82) is 0 Å². The van der Waals surface area contributed by atoms with Crippen molar-refractivity contribution in [1.82, 2.24) is 10.3 Å². The maximum atomic E-state index is 12.9. The summed E-state index contributed by atoms with van der Waals surface area (Å²) in [6.07, 6.45) is 1.45. The van der Waals surface area contributed by atoms with Gasteiger partial charge in [0.1, 0.15) is 10.8 Å². The summed E-state index contributed by atoms with van der Waals surface area (Å²) in [5, 5.41) is 7.22. The highest BCUT2D eigenvalue weighted by Crippen LogP contribution is 2.31. The zero-order chi connectivity index (χ0) is 26.6. The van der Waals surface area contributed by atoms with Crippen LogP contribution in [-0.2, 0) is 4.79 Å². The molecule has 4 aromatic rings. The molecule has 7 heteroatoms. The SMILES string of the molecule is Cc1ccc(C)c(OCCCC(C)(C)C(=O)NC(=S)Nc2ccc(-c3nc4ccc(C)cc4s3)cc2)c1. The normalized spacial score (nSPS) is 11.4. The van der Waals surface area contributed by atoms with Crippen LogP contribution in [0, 0.1) is 26.2 Å². The first-order valence-electron chi connectivity index (χ1n) is 12.4. The number of carbonyl (C=O) groups excluding carboxylic acids is 1. The van der Waals surface area contributed by atoms with Crippen molar-refractivity contribution in [3.05, 3.63) is 77.4 Å². The first-order valence-corrected chi connectivity index (χ1v) is 13.6. The van der Waals surface area contributed by atoms with E-state index in [4.69, 9.17) is 21.9 Å². The Morgan fingerprint density at radius 2 is 1.70 bits per heavy atom. The number of carbonyl (C=O) groups is 1. The zero-order valence-corrected chi connectivity index (χ0v) is 23.6. The van der Waals surface area contributed by atoms with E-state index in [1.54, 1.807) is 11.3 Å². The molecule has 0 saturated heterocycles. The molecular formula is C30H33N3O2S2. The zero-order valence-electron chi connectivity index (χ0n) is 22.0. The number of thiocarbonyl (C=S) groups is 1. The number of rotatable bonds is 8. The van der Waals surface area contributed by atoms with Crippen molar-refractivity contribution in [2.45, 2.75) is 47.5 Å². The van der Waals surface area contributed by atoms with Crippen molar-refractivity contribution in [3.63, 3.8) is 0 Å². The van der Waals surface area contributed by atoms with Gasteiger partial charge in [-0.3, -0.25) is 4.79 Å². The Morgan fingerprint density at radius 3 is 2.46 bits per heavy atom. The van der Waals surface area contributed by atoms with Crippen LogP contribution in [0.3, 0.4) is 0 Å². The van der Waals surface area contributed by atoms with Crippen LogP contribution in [0.5, 0.6) is 5.75 Å². The summed E-state index contributed by atoms with van der Waals surface area (Å²) in [4.78, 5) is 17.6. The lowest BCUT2D eigenvalue weighted by molar-refractivity contribution is -0.128. The van der Waals surface area contributed by atoms with Crippen LogP contribution in [0.2, 0.25) is 0 Å². The summed E-state index contributed by atoms with van der Waals surface area (Å²) in [5.41, 5.74) is 5.80. The van der Waals surface area contributed by atoms with Crippen molar-refractivity contribution >= 4 is 50.5 Å². The fourth-order valence-corrected chi connectivity index (χ4v) is 5.24. The summed E-state index contributed by atoms with van der Waals surface area (Å²) in [6, 6.07) is 20.4. The second-order valence-electron chi connectivity index (χ2n) is 10.1. The van der Waals surface area contributed by atoms with Crippen LogP contribution >= 0.6 is 23.6 Å². The smallest absolute Gasteiger partial charge is 0.231 e. The number of nitrogens with one attached hydrogen (secondary N) is 2. The van der Waals surface area contributed by atoms with E-state index >= 15 is 0 Å². The Bertz CT molecular complexity index is 1420. The van der Waals surface area contributed by atoms with E-state index < -0.39 is 5.41 Å². The maximum Gasteiger partial charge on any atom is 0.231 e. The van der Waals surface area contributed by atoms with Crippen LogP contribution in [0.25, 0.3) is 20.8 Å². The van der Waals surface area contributed by atoms with Gasteiger partial charge in [0.25, 0.3) is 0 Å². The molecule has 0 unspecified atom stereocenters. The molecule has 4 rings (SSSR count). The number of aromatic nitrogens is 1. The van der Waals surface area contributed by atoms with Gasteiger partial charge in [-0.2, -0.15) is 0 Å². The van der Waals surface area contributed by atoms with Gasteiger partial charge in [-0.25, -0.2) is 4.98 Å². The van der Waals surface area contributed by atoms with Crippen LogP contribution < -0.4 is 15.4 Å². The predicted molar refractivity (Wildman–Crippen MR) is 159 cm³/mol. The monoisotopic (exact) mass is 531 g/mol. The molecule has 1 aromatic heterocycles. The van der Waals surface area contributed by atoms with Crippen LogP contribution in [-0.4, -0.2) is 22.6 Å². The highest BCUT2D eigenvalue weighted by Gasteiger charge is 2.28. The Hall–Kier alpha value is -3.29. The summed E-state index contributed by atoms with van der Waals surface area (Å²) < 4.78 is 7.12. The van der Waals surface area contributed by atoms with E-state index in [9.17, 15) is 4.79 Å². The minimum absolute atomic E-state index is 0.113. The second-order valence-corrected chi connectivity index (χ2v) is 11.5. The molecule has 0 aliphatic rings. The van der Waals surface area contributed by atoms with Crippen molar-refractivity contribution in [3.8, 4) is 16.3 Å². The van der Waals surface area contributed by atoms with Crippen molar-refractivity contribution in [2.24, 2.45) is 5.41 Å². The highest BCUT2D eigenvalue weighted by atomic mass is 32.1. The van der Waals surface area contributed by atoms with Crippen molar-refractivity contribution < 1.29 is 9.53 Å². The fraction of sp³-hybridized carbons (Fsp3) is 0.300. The summed E-state index contributed by atoms with van der Waals surface area (Å²) >= 11 is 7.09. The molecule has 0 atom stereocenters. The lowest BCUT2D eigenvalue weighted by atomic mass is 9.87. The van der Waals surface area contributed by atoms with E-state index in [1.807, 2.05) is 58.0 Å². The standard InChI is InChI=1S/C30H33N3O2S2/c1-19-7-9-21(3)25(17-19)35-16-6-15-30(4,5)28(34)33-29(36)31-23-12-10-22(11-13-23)27-32-24-14-8-20(2)18-26(24)37-27/h7-14,17-18H,6,15-16H2,1-5H3,(H2,31,33,34,36). The molecule has 0 saturated carbocycles. The summed E-state index contributed by atoms with van der Waals surface area (Å²) in [7, 11) is 0. The average molecular weight is 532 g/mol. The number of amides is 1. The summed E-state index contributed by atoms with van der Waals surface area (Å²) in [6.45, 7) is 10.6. The molecule has 0 aliphatic carbocycles. The number of hydrogen-bond donors (Lipinski definition) is 2. The molecule has 0 fully saturated rings. The maximum absolute atomic E-state index is 12.9. The van der Waals surface area contributed by atoms with E-state index in [1.165, 1.54) is 15.8 Å². The number of thiazole rings is 1. The van der Waals surface area contributed by atoms with Crippen molar-refractivity contribution in [2.75, 3.05) is 11.9 Å². The predicted octanol–water partition coefficient (Wildman–Crippen LogP) is 7.59.